The molecule has 0 aliphatic carbocycles. The number of amides is 1. The number of aromatic amines is 1. The van der Waals surface area contributed by atoms with Crippen LogP contribution in [-0.4, -0.2) is 26.2 Å². The van der Waals surface area contributed by atoms with Crippen LogP contribution in [0.15, 0.2) is 34.2 Å². The second-order valence-electron chi connectivity index (χ2n) is 6.84. The lowest BCUT2D eigenvalue weighted by molar-refractivity contribution is -0.113. The first-order valence-electron chi connectivity index (χ1n) is 9.10. The number of thioether (sulfide) groups is 1. The van der Waals surface area contributed by atoms with Crippen LogP contribution in [0.1, 0.15) is 37.6 Å². The van der Waals surface area contributed by atoms with Crippen molar-refractivity contribution >= 4 is 46.0 Å². The summed E-state index contributed by atoms with van der Waals surface area (Å²) in [5, 5.41) is 3.98. The van der Waals surface area contributed by atoms with Crippen molar-refractivity contribution in [1.29, 1.82) is 0 Å². The predicted octanol–water partition coefficient (Wildman–Crippen LogP) is 4.70. The highest BCUT2D eigenvalue weighted by Gasteiger charge is 2.18. The molecule has 8 heteroatoms. The first kappa shape index (κ1) is 20.5. The molecule has 148 valence electrons. The molecule has 0 saturated carbocycles. The van der Waals surface area contributed by atoms with E-state index in [1.165, 1.54) is 11.8 Å². The zero-order valence-corrected chi connectivity index (χ0v) is 17.9. The smallest absolute Gasteiger partial charge is 0.278 e. The van der Waals surface area contributed by atoms with Crippen LogP contribution in [0.25, 0.3) is 11.0 Å². The van der Waals surface area contributed by atoms with Gasteiger partial charge < -0.3 is 10.3 Å². The van der Waals surface area contributed by atoms with E-state index in [2.05, 4.69) is 15.3 Å². The molecule has 0 bridgehead atoms. The number of benzene rings is 1. The summed E-state index contributed by atoms with van der Waals surface area (Å²) in [5.41, 5.74) is 3.49. The molecular formula is C20H23ClN4O2S. The Morgan fingerprint density at radius 3 is 2.79 bits per heavy atom. The van der Waals surface area contributed by atoms with Crippen LogP contribution in [0.3, 0.4) is 0 Å². The standard InChI is InChI=1S/C20H23ClN4O2S/c1-5-13(4)25-19(27)18-16(8-12(3)22-18)24-20(25)28-10-17(26)23-14-7-6-11(2)15(21)9-14/h6-9,13,22H,5,10H2,1-4H3,(H,23,26). The Labute approximate surface area is 172 Å². The summed E-state index contributed by atoms with van der Waals surface area (Å²) >= 11 is 7.37. The Balaban J connectivity index is 1.83. The van der Waals surface area contributed by atoms with Gasteiger partial charge in [0.25, 0.3) is 5.56 Å². The molecule has 0 aliphatic rings. The van der Waals surface area contributed by atoms with Crippen molar-refractivity contribution in [1.82, 2.24) is 14.5 Å². The number of carbonyl (C=O) groups is 1. The number of hydrogen-bond acceptors (Lipinski definition) is 4. The highest BCUT2D eigenvalue weighted by atomic mass is 35.5. The molecule has 0 saturated heterocycles. The molecule has 1 aromatic carbocycles. The van der Waals surface area contributed by atoms with Crippen LogP contribution in [-0.2, 0) is 4.79 Å². The lowest BCUT2D eigenvalue weighted by Gasteiger charge is -2.17. The summed E-state index contributed by atoms with van der Waals surface area (Å²) in [6.45, 7) is 7.79. The molecule has 0 radical (unpaired) electrons. The van der Waals surface area contributed by atoms with Crippen molar-refractivity contribution in [2.24, 2.45) is 0 Å². The maximum absolute atomic E-state index is 12.9. The van der Waals surface area contributed by atoms with Gasteiger partial charge in [0.05, 0.1) is 11.3 Å². The Kier molecular flexibility index (Phi) is 6.15. The zero-order chi connectivity index (χ0) is 20.4. The number of H-pyrrole nitrogens is 1. The van der Waals surface area contributed by atoms with Gasteiger partial charge in [-0.25, -0.2) is 4.98 Å². The molecule has 1 atom stereocenters. The largest absolute Gasteiger partial charge is 0.353 e. The van der Waals surface area contributed by atoms with E-state index in [0.29, 0.717) is 26.9 Å². The van der Waals surface area contributed by atoms with E-state index in [0.717, 1.165) is 17.7 Å². The first-order valence-corrected chi connectivity index (χ1v) is 10.5. The van der Waals surface area contributed by atoms with Gasteiger partial charge in [-0.2, -0.15) is 0 Å². The highest BCUT2D eigenvalue weighted by molar-refractivity contribution is 7.99. The minimum atomic E-state index is -0.180. The van der Waals surface area contributed by atoms with Crippen LogP contribution in [0.4, 0.5) is 5.69 Å². The number of nitrogens with one attached hydrogen (secondary N) is 2. The summed E-state index contributed by atoms with van der Waals surface area (Å²) in [7, 11) is 0. The van der Waals surface area contributed by atoms with E-state index in [4.69, 9.17) is 11.6 Å². The Hall–Kier alpha value is -2.25. The van der Waals surface area contributed by atoms with Gasteiger partial charge in [0.1, 0.15) is 5.52 Å². The topological polar surface area (TPSA) is 79.8 Å². The Morgan fingerprint density at radius 2 is 2.11 bits per heavy atom. The average Bonchev–Trinajstić information content (AvgIpc) is 3.03. The number of halogens is 1. The van der Waals surface area contributed by atoms with Crippen molar-refractivity contribution in [3.05, 3.63) is 50.9 Å². The van der Waals surface area contributed by atoms with Gasteiger partial charge in [0.2, 0.25) is 5.91 Å². The number of aromatic nitrogens is 3. The van der Waals surface area contributed by atoms with Crippen LogP contribution >= 0.6 is 23.4 Å². The molecule has 2 N–H and O–H groups in total. The Bertz CT molecular complexity index is 1090. The number of nitrogens with zero attached hydrogens (tertiary/aromatic N) is 2. The molecule has 0 fully saturated rings. The third kappa shape index (κ3) is 4.25. The van der Waals surface area contributed by atoms with Gasteiger partial charge in [0, 0.05) is 22.4 Å². The van der Waals surface area contributed by atoms with Crippen molar-refractivity contribution in [2.75, 3.05) is 11.1 Å². The third-order valence-electron chi connectivity index (χ3n) is 4.61. The van der Waals surface area contributed by atoms with Gasteiger partial charge in [-0.1, -0.05) is 36.4 Å². The monoisotopic (exact) mass is 418 g/mol. The van der Waals surface area contributed by atoms with Gasteiger partial charge in [-0.15, -0.1) is 0 Å². The molecule has 0 aliphatic heterocycles. The molecule has 2 aromatic heterocycles. The Morgan fingerprint density at radius 1 is 1.36 bits per heavy atom. The fraction of sp³-hybridized carbons (Fsp3) is 0.350. The molecule has 3 aromatic rings. The molecule has 1 unspecified atom stereocenters. The first-order chi connectivity index (χ1) is 13.3. The zero-order valence-electron chi connectivity index (χ0n) is 16.3. The minimum absolute atomic E-state index is 0.0190. The van der Waals surface area contributed by atoms with Crippen molar-refractivity contribution < 1.29 is 4.79 Å². The van der Waals surface area contributed by atoms with Crippen molar-refractivity contribution in [3.63, 3.8) is 0 Å². The van der Waals surface area contributed by atoms with Crippen LogP contribution in [0, 0.1) is 13.8 Å². The SMILES string of the molecule is CCC(C)n1c(SCC(=O)Nc2ccc(C)c(Cl)c2)nc2cc(C)[nH]c2c1=O. The third-order valence-corrected chi connectivity index (χ3v) is 5.97. The summed E-state index contributed by atoms with van der Waals surface area (Å²) in [4.78, 5) is 33.0. The van der Waals surface area contributed by atoms with Gasteiger partial charge >= 0.3 is 0 Å². The second kappa shape index (κ2) is 8.41. The highest BCUT2D eigenvalue weighted by Crippen LogP contribution is 2.24. The minimum Gasteiger partial charge on any atom is -0.353 e. The predicted molar refractivity (Wildman–Crippen MR) is 116 cm³/mol. The van der Waals surface area contributed by atoms with Crippen molar-refractivity contribution in [3.8, 4) is 0 Å². The molecule has 28 heavy (non-hydrogen) atoms. The van der Waals surface area contributed by atoms with E-state index in [1.807, 2.05) is 45.9 Å². The van der Waals surface area contributed by atoms with E-state index in [1.54, 1.807) is 10.6 Å². The lowest BCUT2D eigenvalue weighted by atomic mass is 10.2. The lowest BCUT2D eigenvalue weighted by Crippen LogP contribution is -2.26. The molecule has 0 spiro atoms. The number of carbonyl (C=O) groups excluding carboxylic acids is 1. The number of anilines is 1. The normalized spacial score (nSPS) is 12.3. The fourth-order valence-corrected chi connectivity index (χ4v) is 3.94. The van der Waals surface area contributed by atoms with Gasteiger partial charge in [0.15, 0.2) is 5.16 Å². The maximum Gasteiger partial charge on any atom is 0.278 e. The molecule has 1 amide bonds. The quantitative estimate of drug-likeness (QED) is 0.449. The number of rotatable bonds is 6. The van der Waals surface area contributed by atoms with Gasteiger partial charge in [-0.05, 0) is 51.0 Å². The molecular weight excluding hydrogens is 396 g/mol. The average molecular weight is 419 g/mol. The van der Waals surface area contributed by atoms with E-state index in [-0.39, 0.29) is 23.3 Å². The molecule has 2 heterocycles. The van der Waals surface area contributed by atoms with E-state index < -0.39 is 0 Å². The maximum atomic E-state index is 12.9. The summed E-state index contributed by atoms with van der Waals surface area (Å²) in [6, 6.07) is 7.22. The van der Waals surface area contributed by atoms with Crippen molar-refractivity contribution in [2.45, 2.75) is 45.3 Å². The van der Waals surface area contributed by atoms with E-state index >= 15 is 0 Å². The number of aryl methyl sites for hydroxylation is 2. The van der Waals surface area contributed by atoms with Crippen LogP contribution in [0.5, 0.6) is 0 Å². The second-order valence-corrected chi connectivity index (χ2v) is 8.19. The fourth-order valence-electron chi connectivity index (χ4n) is 2.86. The van der Waals surface area contributed by atoms with Crippen LogP contribution in [0.2, 0.25) is 5.02 Å². The number of fused-ring (bicyclic) bond motifs is 1. The van der Waals surface area contributed by atoms with Crippen LogP contribution < -0.4 is 10.9 Å². The molecule has 6 nitrogen and oxygen atoms in total. The number of hydrogen-bond donors (Lipinski definition) is 2. The van der Waals surface area contributed by atoms with Gasteiger partial charge in [-0.3, -0.25) is 14.2 Å². The summed E-state index contributed by atoms with van der Waals surface area (Å²) in [5.74, 6) is -0.0382. The summed E-state index contributed by atoms with van der Waals surface area (Å²) < 4.78 is 1.67. The summed E-state index contributed by atoms with van der Waals surface area (Å²) in [6.07, 6.45) is 0.786. The molecule has 3 rings (SSSR count). The van der Waals surface area contributed by atoms with E-state index in [9.17, 15) is 9.59 Å².